The van der Waals surface area contributed by atoms with Gasteiger partial charge in [0.2, 0.25) is 0 Å². The van der Waals surface area contributed by atoms with E-state index in [0.29, 0.717) is 30.2 Å². The molecule has 5 nitrogen and oxygen atoms in total. The summed E-state index contributed by atoms with van der Waals surface area (Å²) in [5, 5.41) is 31.2. The Morgan fingerprint density at radius 1 is 1.14 bits per heavy atom. The number of nitrogens with zero attached hydrogens (tertiary/aromatic N) is 2. The molecule has 1 saturated carbocycles. The average Bonchev–Trinajstić information content (AvgIpc) is 3.18. The monoisotopic (exact) mass is 422 g/mol. The van der Waals surface area contributed by atoms with Gasteiger partial charge in [0, 0.05) is 30.2 Å². The van der Waals surface area contributed by atoms with Crippen molar-refractivity contribution in [1.82, 2.24) is 10.2 Å². The van der Waals surface area contributed by atoms with Crippen molar-refractivity contribution in [3.63, 3.8) is 0 Å². The van der Waals surface area contributed by atoms with Crippen LogP contribution in [-0.4, -0.2) is 39.2 Å². The first-order valence-corrected chi connectivity index (χ1v) is 11.4. The minimum absolute atomic E-state index is 0.0806. The molecule has 4 rings (SSSR count). The molecule has 1 aromatic heterocycles. The van der Waals surface area contributed by atoms with E-state index in [2.05, 4.69) is 10.2 Å². The maximum absolute atomic E-state index is 10.1. The fraction of sp³-hybridized carbons (Fsp3) is 0.619. The summed E-state index contributed by atoms with van der Waals surface area (Å²) in [4.78, 5) is 0. The summed E-state index contributed by atoms with van der Waals surface area (Å²) in [5.74, 6) is 0.564. The zero-order valence-electron chi connectivity index (χ0n) is 15.9. The Morgan fingerprint density at radius 2 is 1.96 bits per heavy atom. The van der Waals surface area contributed by atoms with E-state index >= 15 is 0 Å². The molecule has 2 aliphatic rings. The molecule has 1 aliphatic carbocycles. The summed E-state index contributed by atoms with van der Waals surface area (Å²) in [5.41, 5.74) is 1.98. The van der Waals surface area contributed by atoms with E-state index in [-0.39, 0.29) is 18.8 Å². The van der Waals surface area contributed by atoms with Gasteiger partial charge in [0.15, 0.2) is 0 Å². The van der Waals surface area contributed by atoms with Crippen molar-refractivity contribution in [3.8, 4) is 0 Å². The fourth-order valence-corrected chi connectivity index (χ4v) is 5.49. The highest BCUT2D eigenvalue weighted by Gasteiger charge is 2.29. The number of ether oxygens (including phenoxy) is 1. The van der Waals surface area contributed by atoms with Gasteiger partial charge in [-0.3, -0.25) is 0 Å². The number of rotatable bonds is 5. The Morgan fingerprint density at radius 3 is 2.75 bits per heavy atom. The maximum atomic E-state index is 10.1. The molecule has 1 saturated heterocycles. The zero-order chi connectivity index (χ0) is 19.5. The Bertz CT molecular complexity index is 794. The summed E-state index contributed by atoms with van der Waals surface area (Å²) in [7, 11) is 0. The number of halogens is 1. The molecule has 1 aromatic carbocycles. The summed E-state index contributed by atoms with van der Waals surface area (Å²) in [6.07, 6.45) is 6.98. The molecular formula is C21H27ClN2O3S. The van der Waals surface area contributed by atoms with Gasteiger partial charge in [0.05, 0.1) is 24.9 Å². The van der Waals surface area contributed by atoms with Gasteiger partial charge in [-0.15, -0.1) is 21.5 Å². The van der Waals surface area contributed by atoms with Crippen molar-refractivity contribution in [2.75, 3.05) is 6.61 Å². The first-order chi connectivity index (χ1) is 13.6. The van der Waals surface area contributed by atoms with Gasteiger partial charge < -0.3 is 14.9 Å². The molecule has 28 heavy (non-hydrogen) atoms. The van der Waals surface area contributed by atoms with Gasteiger partial charge in [0.25, 0.3) is 0 Å². The lowest BCUT2D eigenvalue weighted by atomic mass is 9.90. The van der Waals surface area contributed by atoms with Crippen LogP contribution in [0.4, 0.5) is 0 Å². The van der Waals surface area contributed by atoms with Crippen molar-refractivity contribution in [3.05, 3.63) is 44.4 Å². The summed E-state index contributed by atoms with van der Waals surface area (Å²) < 4.78 is 5.94. The van der Waals surface area contributed by atoms with Crippen LogP contribution in [0, 0.1) is 0 Å². The van der Waals surface area contributed by atoms with E-state index < -0.39 is 6.10 Å². The van der Waals surface area contributed by atoms with Crippen LogP contribution < -0.4 is 0 Å². The molecule has 0 bridgehead atoms. The first kappa shape index (κ1) is 20.2. The second kappa shape index (κ2) is 9.18. The van der Waals surface area contributed by atoms with Crippen molar-refractivity contribution < 1.29 is 14.9 Å². The first-order valence-electron chi connectivity index (χ1n) is 10.2. The topological polar surface area (TPSA) is 75.5 Å². The Hall–Kier alpha value is -1.05. The van der Waals surface area contributed by atoms with E-state index in [0.717, 1.165) is 21.1 Å². The van der Waals surface area contributed by atoms with Gasteiger partial charge in [-0.25, -0.2) is 0 Å². The van der Waals surface area contributed by atoms with Gasteiger partial charge in [-0.05, 0) is 30.0 Å². The summed E-state index contributed by atoms with van der Waals surface area (Å²) in [6, 6.07) is 5.87. The zero-order valence-corrected chi connectivity index (χ0v) is 17.5. The van der Waals surface area contributed by atoms with Gasteiger partial charge in [-0.1, -0.05) is 43.0 Å². The van der Waals surface area contributed by atoms with Crippen LogP contribution in [0.15, 0.2) is 18.2 Å². The Labute approximate surface area is 174 Å². The fourth-order valence-electron chi connectivity index (χ4n) is 4.27. The lowest BCUT2D eigenvalue weighted by molar-refractivity contribution is -0.113. The maximum Gasteiger partial charge on any atom is 0.121 e. The largest absolute Gasteiger partial charge is 0.394 e. The molecule has 2 heterocycles. The molecular weight excluding hydrogens is 396 g/mol. The normalized spacial score (nSPS) is 26.5. The van der Waals surface area contributed by atoms with Crippen LogP contribution in [0.2, 0.25) is 5.02 Å². The molecule has 0 amide bonds. The number of aliphatic hydroxyl groups excluding tert-OH is 2. The van der Waals surface area contributed by atoms with Crippen LogP contribution in [0.1, 0.15) is 78.1 Å². The minimum Gasteiger partial charge on any atom is -0.394 e. The Balaban J connectivity index is 1.49. The standard InChI is InChI=1S/C21H27ClN2O3S/c22-18-7-6-14(19-11-16(26)10-17(12-25)27-19)8-15(18)9-20-23-24-21(28-20)13-4-2-1-3-5-13/h6-8,13,16-17,19,25-26H,1-5,9-12H2. The quantitative estimate of drug-likeness (QED) is 0.746. The van der Waals surface area contributed by atoms with Crippen molar-refractivity contribution in [2.45, 2.75) is 75.6 Å². The predicted octanol–water partition coefficient (Wildman–Crippen LogP) is 4.40. The smallest absolute Gasteiger partial charge is 0.121 e. The lowest BCUT2D eigenvalue weighted by Gasteiger charge is -2.32. The molecule has 3 atom stereocenters. The summed E-state index contributed by atoms with van der Waals surface area (Å²) in [6.45, 7) is -0.0806. The second-order valence-electron chi connectivity index (χ2n) is 7.95. The third kappa shape index (κ3) is 4.74. The number of aliphatic hydroxyl groups is 2. The van der Waals surface area contributed by atoms with E-state index in [4.69, 9.17) is 16.3 Å². The van der Waals surface area contributed by atoms with Crippen molar-refractivity contribution >= 4 is 22.9 Å². The molecule has 1 aliphatic heterocycles. The number of hydrogen-bond acceptors (Lipinski definition) is 6. The minimum atomic E-state index is -0.462. The lowest BCUT2D eigenvalue weighted by Crippen LogP contribution is -2.33. The predicted molar refractivity (Wildman–Crippen MR) is 110 cm³/mol. The molecule has 0 radical (unpaired) electrons. The SMILES string of the molecule is OCC1CC(O)CC(c2ccc(Cl)c(Cc3nnc(C4CCCCC4)s3)c2)O1. The highest BCUT2D eigenvalue weighted by atomic mass is 35.5. The van der Waals surface area contributed by atoms with Crippen LogP contribution in [0.5, 0.6) is 0 Å². The highest BCUT2D eigenvalue weighted by molar-refractivity contribution is 7.11. The van der Waals surface area contributed by atoms with Gasteiger partial charge >= 0.3 is 0 Å². The molecule has 2 fully saturated rings. The highest BCUT2D eigenvalue weighted by Crippen LogP contribution is 2.36. The third-order valence-electron chi connectivity index (χ3n) is 5.80. The Kier molecular flexibility index (Phi) is 6.63. The van der Waals surface area contributed by atoms with Crippen LogP contribution in [0.25, 0.3) is 0 Å². The van der Waals surface area contributed by atoms with Gasteiger partial charge in [0.1, 0.15) is 10.0 Å². The number of benzene rings is 1. The van der Waals surface area contributed by atoms with Crippen LogP contribution >= 0.6 is 22.9 Å². The molecule has 152 valence electrons. The summed E-state index contributed by atoms with van der Waals surface area (Å²) >= 11 is 8.16. The van der Waals surface area contributed by atoms with Crippen molar-refractivity contribution in [1.29, 1.82) is 0 Å². The molecule has 2 aromatic rings. The molecule has 3 unspecified atom stereocenters. The second-order valence-corrected chi connectivity index (χ2v) is 9.45. The molecule has 0 spiro atoms. The van der Waals surface area contributed by atoms with Crippen LogP contribution in [-0.2, 0) is 11.2 Å². The van der Waals surface area contributed by atoms with Crippen molar-refractivity contribution in [2.24, 2.45) is 0 Å². The third-order valence-corrected chi connectivity index (χ3v) is 7.26. The van der Waals surface area contributed by atoms with E-state index in [1.165, 1.54) is 32.1 Å². The molecule has 2 N–H and O–H groups in total. The number of hydrogen-bond donors (Lipinski definition) is 2. The van der Waals surface area contributed by atoms with E-state index in [1.54, 1.807) is 11.3 Å². The number of aromatic nitrogens is 2. The van der Waals surface area contributed by atoms with E-state index in [1.807, 2.05) is 18.2 Å². The van der Waals surface area contributed by atoms with Crippen LogP contribution in [0.3, 0.4) is 0 Å². The van der Waals surface area contributed by atoms with E-state index in [9.17, 15) is 10.2 Å². The molecule has 7 heteroatoms. The average molecular weight is 423 g/mol. The van der Waals surface area contributed by atoms with Gasteiger partial charge in [-0.2, -0.15) is 0 Å².